The van der Waals surface area contributed by atoms with Gasteiger partial charge in [-0.25, -0.2) is 4.98 Å². The highest BCUT2D eigenvalue weighted by molar-refractivity contribution is 6.32. The SMILES string of the molecule is CC(=O)OC1(NC(=O)c2ccc(-c3ccccc3CN)c(-c3ccc(Cl)c(OCCCN(C)C)c3)n2)CCCCC1. The number of nitrogens with zero attached hydrogens (tertiary/aromatic N) is 2. The average Bonchev–Trinajstić information content (AvgIpc) is 2.95. The molecule has 0 aliphatic heterocycles. The second kappa shape index (κ2) is 13.9. The van der Waals surface area contributed by atoms with E-state index in [2.05, 4.69) is 10.2 Å². The lowest BCUT2D eigenvalue weighted by molar-refractivity contribution is -0.163. The number of ether oxygens (including phenoxy) is 2. The van der Waals surface area contributed by atoms with Gasteiger partial charge in [0.25, 0.3) is 5.91 Å². The van der Waals surface area contributed by atoms with Crippen LogP contribution in [0.5, 0.6) is 5.75 Å². The molecule has 1 aliphatic rings. The highest BCUT2D eigenvalue weighted by Gasteiger charge is 2.37. The van der Waals surface area contributed by atoms with Crippen LogP contribution >= 0.6 is 11.6 Å². The molecule has 0 bridgehead atoms. The molecule has 0 unspecified atom stereocenters. The van der Waals surface area contributed by atoms with Crippen molar-refractivity contribution in [2.24, 2.45) is 5.73 Å². The van der Waals surface area contributed by atoms with Crippen molar-refractivity contribution in [1.29, 1.82) is 0 Å². The molecule has 3 N–H and O–H groups in total. The van der Waals surface area contributed by atoms with Crippen molar-refractivity contribution in [3.63, 3.8) is 0 Å². The van der Waals surface area contributed by atoms with Crippen molar-refractivity contribution in [3.8, 4) is 28.1 Å². The third kappa shape index (κ3) is 7.85. The Hall–Kier alpha value is -3.46. The topological polar surface area (TPSA) is 107 Å². The molecule has 9 heteroatoms. The fourth-order valence-corrected chi connectivity index (χ4v) is 5.40. The number of hydrogen-bond donors (Lipinski definition) is 2. The maximum absolute atomic E-state index is 13.6. The first kappa shape index (κ1) is 30.5. The van der Waals surface area contributed by atoms with Gasteiger partial charge in [0.1, 0.15) is 11.4 Å². The van der Waals surface area contributed by atoms with E-state index >= 15 is 0 Å². The molecule has 0 atom stereocenters. The summed E-state index contributed by atoms with van der Waals surface area (Å²) >= 11 is 6.50. The van der Waals surface area contributed by atoms with Gasteiger partial charge in [-0.05, 0) is 68.8 Å². The summed E-state index contributed by atoms with van der Waals surface area (Å²) in [6.07, 6.45) is 4.75. The molecular weight excluding hydrogens is 540 g/mol. The van der Waals surface area contributed by atoms with Gasteiger partial charge < -0.3 is 25.4 Å². The zero-order valence-corrected chi connectivity index (χ0v) is 24.8. The lowest BCUT2D eigenvalue weighted by Crippen LogP contribution is -2.52. The summed E-state index contributed by atoms with van der Waals surface area (Å²) in [4.78, 5) is 32.4. The first-order valence-electron chi connectivity index (χ1n) is 14.1. The number of esters is 1. The first-order valence-corrected chi connectivity index (χ1v) is 14.5. The second-order valence-corrected chi connectivity index (χ2v) is 11.1. The van der Waals surface area contributed by atoms with E-state index in [0.717, 1.165) is 54.5 Å². The van der Waals surface area contributed by atoms with Crippen LogP contribution in [-0.2, 0) is 16.1 Å². The highest BCUT2D eigenvalue weighted by atomic mass is 35.5. The number of hydrogen-bond acceptors (Lipinski definition) is 7. The van der Waals surface area contributed by atoms with E-state index in [1.54, 1.807) is 12.1 Å². The van der Waals surface area contributed by atoms with Crippen LogP contribution in [0.2, 0.25) is 5.02 Å². The molecule has 1 saturated carbocycles. The third-order valence-electron chi connectivity index (χ3n) is 7.21. The molecule has 4 rings (SSSR count). The largest absolute Gasteiger partial charge is 0.492 e. The van der Waals surface area contributed by atoms with Crippen LogP contribution in [0.25, 0.3) is 22.4 Å². The van der Waals surface area contributed by atoms with Crippen molar-refractivity contribution in [2.75, 3.05) is 27.2 Å². The van der Waals surface area contributed by atoms with E-state index < -0.39 is 17.6 Å². The smallest absolute Gasteiger partial charge is 0.304 e. The van der Waals surface area contributed by atoms with Crippen molar-refractivity contribution in [3.05, 3.63) is 70.9 Å². The molecule has 1 fully saturated rings. The Morgan fingerprint density at radius 2 is 1.80 bits per heavy atom. The first-order chi connectivity index (χ1) is 19.7. The van der Waals surface area contributed by atoms with E-state index in [0.29, 0.717) is 42.5 Å². The van der Waals surface area contributed by atoms with Crippen LogP contribution in [0.15, 0.2) is 54.6 Å². The van der Waals surface area contributed by atoms with Gasteiger partial charge in [0, 0.05) is 44.0 Å². The quantitative estimate of drug-likeness (QED) is 0.168. The van der Waals surface area contributed by atoms with Crippen molar-refractivity contribution in [2.45, 2.75) is 57.7 Å². The number of carbonyl (C=O) groups excluding carboxylic acids is 2. The number of pyridine rings is 1. The number of benzene rings is 2. The van der Waals surface area contributed by atoms with E-state index in [9.17, 15) is 9.59 Å². The van der Waals surface area contributed by atoms with Crippen LogP contribution < -0.4 is 15.8 Å². The number of rotatable bonds is 11. The fourth-order valence-electron chi connectivity index (χ4n) is 5.23. The van der Waals surface area contributed by atoms with Crippen molar-refractivity contribution < 1.29 is 19.1 Å². The van der Waals surface area contributed by atoms with Gasteiger partial charge in [-0.3, -0.25) is 9.59 Å². The maximum Gasteiger partial charge on any atom is 0.304 e. The van der Waals surface area contributed by atoms with Gasteiger partial charge in [-0.2, -0.15) is 0 Å². The third-order valence-corrected chi connectivity index (χ3v) is 7.52. The molecule has 8 nitrogen and oxygen atoms in total. The predicted octanol–water partition coefficient (Wildman–Crippen LogP) is 5.81. The number of carbonyl (C=O) groups is 2. The maximum atomic E-state index is 13.6. The Kier molecular flexibility index (Phi) is 10.4. The monoisotopic (exact) mass is 578 g/mol. The Morgan fingerprint density at radius 1 is 1.05 bits per heavy atom. The van der Waals surface area contributed by atoms with E-state index in [1.165, 1.54) is 6.92 Å². The molecule has 3 aromatic rings. The number of nitrogens with one attached hydrogen (secondary N) is 1. The second-order valence-electron chi connectivity index (χ2n) is 10.7. The Labute approximate surface area is 247 Å². The van der Waals surface area contributed by atoms with Crippen LogP contribution in [0, 0.1) is 0 Å². The zero-order chi connectivity index (χ0) is 29.4. The molecule has 1 heterocycles. The molecule has 41 heavy (non-hydrogen) atoms. The van der Waals surface area contributed by atoms with Crippen LogP contribution in [0.4, 0.5) is 0 Å². The standard InChI is InChI=1S/C32H39ClN4O4/c1-22(38)41-32(16-7-4-8-17-32)36-31(39)28-15-13-26(25-11-6-5-10-24(25)21-34)30(35-28)23-12-14-27(33)29(20-23)40-19-9-18-37(2)3/h5-6,10-15,20H,4,7-9,16-19,21,34H2,1-3H3,(H,36,39). The number of aromatic nitrogens is 1. The zero-order valence-electron chi connectivity index (χ0n) is 24.0. The molecule has 0 spiro atoms. The molecule has 218 valence electrons. The highest BCUT2D eigenvalue weighted by Crippen LogP contribution is 2.37. The summed E-state index contributed by atoms with van der Waals surface area (Å²) in [5.41, 5.74) is 9.33. The molecular formula is C32H39ClN4O4. The minimum Gasteiger partial charge on any atom is -0.492 e. The van der Waals surface area contributed by atoms with E-state index in [1.807, 2.05) is 56.6 Å². The van der Waals surface area contributed by atoms with Gasteiger partial charge in [0.2, 0.25) is 0 Å². The van der Waals surface area contributed by atoms with E-state index in [-0.39, 0.29) is 5.69 Å². The molecule has 2 aromatic carbocycles. The summed E-state index contributed by atoms with van der Waals surface area (Å²) < 4.78 is 11.7. The normalized spacial score (nSPS) is 14.5. The summed E-state index contributed by atoms with van der Waals surface area (Å²) in [5.74, 6) is -0.273. The Balaban J connectivity index is 1.74. The van der Waals surface area contributed by atoms with Crippen molar-refractivity contribution in [1.82, 2.24) is 15.2 Å². The molecule has 1 amide bonds. The minimum absolute atomic E-state index is 0.217. The van der Waals surface area contributed by atoms with Gasteiger partial charge in [-0.1, -0.05) is 48.4 Å². The number of nitrogens with two attached hydrogens (primary N) is 1. The van der Waals surface area contributed by atoms with Crippen molar-refractivity contribution >= 4 is 23.5 Å². The average molecular weight is 579 g/mol. The molecule has 1 aliphatic carbocycles. The summed E-state index contributed by atoms with van der Waals surface area (Å²) in [6, 6.07) is 17.0. The van der Waals surface area contributed by atoms with Gasteiger partial charge >= 0.3 is 5.97 Å². The molecule has 1 aromatic heterocycles. The van der Waals surface area contributed by atoms with Gasteiger partial charge in [-0.15, -0.1) is 0 Å². The lowest BCUT2D eigenvalue weighted by atomic mass is 9.91. The van der Waals surface area contributed by atoms with Gasteiger partial charge in [0.15, 0.2) is 5.72 Å². The summed E-state index contributed by atoms with van der Waals surface area (Å²) in [7, 11) is 4.04. The minimum atomic E-state index is -1.03. The Morgan fingerprint density at radius 3 is 2.51 bits per heavy atom. The van der Waals surface area contributed by atoms with Crippen LogP contribution in [-0.4, -0.2) is 54.7 Å². The van der Waals surface area contributed by atoms with Gasteiger partial charge in [0.05, 0.1) is 17.3 Å². The lowest BCUT2D eigenvalue weighted by Gasteiger charge is -2.36. The fraction of sp³-hybridized carbons (Fsp3) is 0.406. The molecule has 0 radical (unpaired) electrons. The number of halogens is 1. The van der Waals surface area contributed by atoms with Crippen LogP contribution in [0.3, 0.4) is 0 Å². The Bertz CT molecular complexity index is 1370. The molecule has 0 saturated heterocycles. The predicted molar refractivity (Wildman–Crippen MR) is 162 cm³/mol. The number of amides is 1. The summed E-state index contributed by atoms with van der Waals surface area (Å²) in [5, 5.41) is 3.49. The van der Waals surface area contributed by atoms with E-state index in [4.69, 9.17) is 31.8 Å². The summed E-state index contributed by atoms with van der Waals surface area (Å²) in [6.45, 7) is 3.12. The van der Waals surface area contributed by atoms with Crippen LogP contribution in [0.1, 0.15) is 61.5 Å².